The molecule has 1 aliphatic rings. The van der Waals surface area contributed by atoms with Crippen LogP contribution >= 0.6 is 15.6 Å². The van der Waals surface area contributed by atoms with E-state index in [0.29, 0.717) is 24.0 Å². The third-order valence-electron chi connectivity index (χ3n) is 10.9. The van der Waals surface area contributed by atoms with Crippen LogP contribution < -0.4 is 20.9 Å². The quantitative estimate of drug-likeness (QED) is 0.0149. The number of aromatic nitrogens is 3. The number of unbranched alkanes of at least 4 members (excludes halogenated alkanes) is 10. The van der Waals surface area contributed by atoms with Gasteiger partial charge in [0.25, 0.3) is 5.91 Å². The number of carbonyl (C=O) groups is 3. The van der Waals surface area contributed by atoms with Crippen LogP contribution in [-0.2, 0) is 54.6 Å². The van der Waals surface area contributed by atoms with Crippen LogP contribution in [-0.4, -0.2) is 72.4 Å². The maximum Gasteiger partial charge on any atom is 0.484 e. The molecule has 0 aliphatic carbocycles. The Hall–Kier alpha value is -4.59. The number of aliphatic hydroxyl groups excluding tert-OH is 2. The van der Waals surface area contributed by atoms with Crippen molar-refractivity contribution < 1.29 is 70.7 Å². The van der Waals surface area contributed by atoms with E-state index in [4.69, 9.17) is 43.6 Å². The average molecular weight is 976 g/mol. The number of phosphoric ester groups is 2. The average Bonchev–Trinajstić information content (AvgIpc) is 3.81. The van der Waals surface area contributed by atoms with Crippen LogP contribution in [0.4, 0.5) is 5.82 Å². The van der Waals surface area contributed by atoms with Crippen LogP contribution in [0, 0.1) is 6.92 Å². The highest BCUT2D eigenvalue weighted by Crippen LogP contribution is 2.64. The molecule has 67 heavy (non-hydrogen) atoms. The first-order chi connectivity index (χ1) is 32.0. The molecule has 3 heterocycles. The number of anilines is 1. The second-order valence-corrected chi connectivity index (χ2v) is 19.6. The zero-order valence-electron chi connectivity index (χ0n) is 38.2. The Morgan fingerprint density at radius 3 is 1.72 bits per heavy atom. The Labute approximate surface area is 389 Å². The highest BCUT2D eigenvalue weighted by molar-refractivity contribution is 7.61. The van der Waals surface area contributed by atoms with Crippen molar-refractivity contribution in [3.8, 4) is 11.5 Å². The summed E-state index contributed by atoms with van der Waals surface area (Å²) < 4.78 is 66.8. The van der Waals surface area contributed by atoms with Crippen molar-refractivity contribution in [2.75, 3.05) is 12.3 Å². The number of fused-ring (bicyclic) bond motifs is 1. The monoisotopic (exact) mass is 975 g/mol. The van der Waals surface area contributed by atoms with E-state index in [0.717, 1.165) is 64.2 Å². The molecule has 0 radical (unpaired) electrons. The van der Waals surface area contributed by atoms with Crippen molar-refractivity contribution in [1.82, 2.24) is 14.5 Å². The van der Waals surface area contributed by atoms with E-state index in [1.165, 1.54) is 59.3 Å². The van der Waals surface area contributed by atoms with Gasteiger partial charge in [0.05, 0.1) is 30.8 Å². The summed E-state index contributed by atoms with van der Waals surface area (Å²) in [4.78, 5) is 56.3. The molecule has 5 atom stereocenters. The number of hydrogen-bond donors (Lipinski definition) is 5. The number of nitrogens with two attached hydrogens (primary N) is 2. The number of nitrogen functional groups attached to an aromatic ring is 1. The molecule has 1 unspecified atom stereocenters. The molecule has 7 N–H and O–H groups in total. The molecule has 368 valence electrons. The minimum Gasteiger partial charge on any atom is -0.427 e. The zero-order valence-corrected chi connectivity index (χ0v) is 39.9. The highest BCUT2D eigenvalue weighted by Gasteiger charge is 2.47. The van der Waals surface area contributed by atoms with Gasteiger partial charge in [-0.3, -0.25) is 28.0 Å². The molecule has 20 nitrogen and oxygen atoms in total. The Balaban J connectivity index is 1.23. The predicted octanol–water partition coefficient (Wildman–Crippen LogP) is 8.03. The van der Waals surface area contributed by atoms with Gasteiger partial charge < -0.3 is 45.4 Å². The molecule has 1 aliphatic heterocycles. The normalized spacial score (nSPS) is 18.2. The smallest absolute Gasteiger partial charge is 0.427 e. The number of nitrogens with zero attached hydrogens (tertiary/aromatic N) is 3. The minimum atomic E-state index is -5.40. The lowest BCUT2D eigenvalue weighted by molar-refractivity contribution is -0.135. The lowest BCUT2D eigenvalue weighted by Gasteiger charge is -2.22. The molecule has 1 amide bonds. The van der Waals surface area contributed by atoms with Crippen molar-refractivity contribution in [2.45, 2.75) is 148 Å². The third-order valence-corrected chi connectivity index (χ3v) is 13.8. The van der Waals surface area contributed by atoms with E-state index in [-0.39, 0.29) is 64.5 Å². The number of primary amides is 1. The number of carbonyl (C=O) groups excluding carboxylic acids is 3. The molecule has 22 heteroatoms. The fourth-order valence-corrected chi connectivity index (χ4v) is 9.85. The molecule has 2 aromatic carbocycles. The Kier molecular flexibility index (Phi) is 20.5. The molecule has 5 rings (SSSR count). The van der Waals surface area contributed by atoms with Crippen LogP contribution in [0.1, 0.15) is 137 Å². The van der Waals surface area contributed by atoms with Gasteiger partial charge in [-0.25, -0.2) is 19.1 Å². The summed E-state index contributed by atoms with van der Waals surface area (Å²) >= 11 is 0. The summed E-state index contributed by atoms with van der Waals surface area (Å²) in [7, 11) is -10.4. The Morgan fingerprint density at radius 2 is 1.22 bits per heavy atom. The van der Waals surface area contributed by atoms with Gasteiger partial charge in [-0.05, 0) is 55.2 Å². The maximum atomic E-state index is 14.2. The number of amides is 1. The summed E-state index contributed by atoms with van der Waals surface area (Å²) in [6, 6.07) is 12.2. The number of phosphoric acid groups is 2. The van der Waals surface area contributed by atoms with Gasteiger partial charge in [-0.2, -0.15) is 4.31 Å². The van der Waals surface area contributed by atoms with Crippen LogP contribution in [0.2, 0.25) is 0 Å². The number of esters is 2. The van der Waals surface area contributed by atoms with Crippen LogP contribution in [0.15, 0.2) is 54.7 Å². The van der Waals surface area contributed by atoms with E-state index in [1.807, 2.05) is 0 Å². The predicted molar refractivity (Wildman–Crippen MR) is 245 cm³/mol. The lowest BCUT2D eigenvalue weighted by atomic mass is 10.1. The zero-order chi connectivity index (χ0) is 48.6. The molecule has 2 aromatic heterocycles. The van der Waals surface area contributed by atoms with Crippen LogP contribution in [0.25, 0.3) is 11.0 Å². The van der Waals surface area contributed by atoms with E-state index in [1.54, 1.807) is 6.92 Å². The number of aryl methyl sites for hydroxylation is 1. The van der Waals surface area contributed by atoms with Crippen molar-refractivity contribution >= 4 is 50.3 Å². The molecule has 4 aromatic rings. The van der Waals surface area contributed by atoms with Gasteiger partial charge >= 0.3 is 27.6 Å². The first-order valence-electron chi connectivity index (χ1n) is 22.6. The van der Waals surface area contributed by atoms with Gasteiger partial charge in [0, 0.05) is 19.0 Å². The third kappa shape index (κ3) is 16.3. The molecular formula is C45H63N5O15P2. The summed E-state index contributed by atoms with van der Waals surface area (Å²) in [5.41, 5.74) is 12.4. The summed E-state index contributed by atoms with van der Waals surface area (Å²) in [6.45, 7) is 3.98. The van der Waals surface area contributed by atoms with Gasteiger partial charge in [-0.1, -0.05) is 102 Å². The molecule has 1 saturated heterocycles. The van der Waals surface area contributed by atoms with Gasteiger partial charge in [-0.15, -0.1) is 0 Å². The summed E-state index contributed by atoms with van der Waals surface area (Å²) in [6.07, 6.45) is 7.66. The number of benzene rings is 2. The second kappa shape index (κ2) is 25.7. The summed E-state index contributed by atoms with van der Waals surface area (Å²) in [5, 5.41) is 22.0. The van der Waals surface area contributed by atoms with E-state index in [2.05, 4.69) is 23.8 Å². The first kappa shape index (κ1) is 53.4. The Bertz CT molecular complexity index is 2270. The molecule has 0 spiro atoms. The van der Waals surface area contributed by atoms with E-state index in [9.17, 15) is 38.6 Å². The van der Waals surface area contributed by atoms with Gasteiger partial charge in [0.15, 0.2) is 6.23 Å². The van der Waals surface area contributed by atoms with Crippen molar-refractivity contribution in [3.63, 3.8) is 0 Å². The molecule has 0 saturated carbocycles. The second-order valence-electron chi connectivity index (χ2n) is 16.3. The van der Waals surface area contributed by atoms with Gasteiger partial charge in [0.2, 0.25) is 0 Å². The maximum absolute atomic E-state index is 14.2. The largest absolute Gasteiger partial charge is 0.484 e. The van der Waals surface area contributed by atoms with Crippen molar-refractivity contribution in [1.29, 1.82) is 0 Å². The molecule has 1 fully saturated rings. The molecular weight excluding hydrogens is 912 g/mol. The Morgan fingerprint density at radius 1 is 0.731 bits per heavy atom. The SMILES string of the molecule is CCCCCCCCC(=O)Oc1ccc(COP(=O)(OCc2ccc(OC(=O)CCCCCCCC)cc2)OP(=O)(O)OC[C@H]2O[C@@H](n3cc(C(N)=O)c4c(N)nc(C)nc43)[C@H](O)[C@@H]2O)cc1. The van der Waals surface area contributed by atoms with Crippen molar-refractivity contribution in [3.05, 3.63) is 77.2 Å². The molecule has 0 bridgehead atoms. The number of ether oxygens (including phenoxy) is 3. The van der Waals surface area contributed by atoms with E-state index >= 15 is 0 Å². The van der Waals surface area contributed by atoms with Crippen LogP contribution in [0.5, 0.6) is 11.5 Å². The highest BCUT2D eigenvalue weighted by atomic mass is 31.3. The number of hydrogen-bond acceptors (Lipinski definition) is 17. The standard InChI is InChI=1S/C45H63N5O15P2/c1-4-6-8-10-12-14-16-37(51)62-33-22-18-31(19-23-33)27-60-67(58,61-28-32-20-24-34(25-21-32)63-38(52)17-15-13-11-9-7-5-2)65-66(56,57)59-29-36-40(53)41(54)45(64-36)50-26-35(43(47)55)39-42(46)48-30(3)49-44(39)50/h18-26,36,40-41,45,53-54H,4-17,27-29H2,1-3H3,(H2,47,55)(H,56,57)(H2,46,48,49)/t36-,40-,41-,45-/m1/s1. The minimum absolute atomic E-state index is 0.0568. The fourth-order valence-electron chi connectivity index (χ4n) is 7.25. The topological polar surface area (TPSA) is 293 Å². The lowest BCUT2D eigenvalue weighted by Crippen LogP contribution is -2.33. The number of rotatable bonds is 29. The number of aliphatic hydroxyl groups is 2. The fraction of sp³-hybridized carbons (Fsp3) is 0.533. The summed E-state index contributed by atoms with van der Waals surface area (Å²) in [5.74, 6) is -0.943. The van der Waals surface area contributed by atoms with Crippen LogP contribution in [0.3, 0.4) is 0 Å². The van der Waals surface area contributed by atoms with Gasteiger partial charge in [0.1, 0.15) is 47.1 Å². The first-order valence-corrected chi connectivity index (χ1v) is 25.6. The van der Waals surface area contributed by atoms with Crippen molar-refractivity contribution in [2.24, 2.45) is 5.73 Å². The van der Waals surface area contributed by atoms with E-state index < -0.39 is 65.9 Å².